The number of sulfone groups is 1. The summed E-state index contributed by atoms with van der Waals surface area (Å²) in [5.74, 6) is 1.39. The van der Waals surface area contributed by atoms with Crippen LogP contribution in [0, 0.1) is 0 Å². The standard InChI is InChI=1S/C25H28BrN3O3S/c26-21-6-4-20-16-22(7-5-19(20)15-21)33(31,32)14-10-25(30)28-12-8-18(9-13-28)23-17-27-24-3-1-2-11-29(23)24/h4-7,15-18H,1-3,8-14H2. The molecule has 6 nitrogen and oxygen atoms in total. The van der Waals surface area contributed by atoms with Gasteiger partial charge in [-0.15, -0.1) is 0 Å². The Hall–Kier alpha value is -2.19. The molecule has 1 saturated heterocycles. The molecule has 0 atom stereocenters. The van der Waals surface area contributed by atoms with Gasteiger partial charge in [0.15, 0.2) is 9.84 Å². The van der Waals surface area contributed by atoms with Crippen molar-refractivity contribution in [2.24, 2.45) is 0 Å². The molecule has 8 heteroatoms. The molecule has 2 aliphatic rings. The Bertz CT molecular complexity index is 1290. The van der Waals surface area contributed by atoms with Crippen molar-refractivity contribution < 1.29 is 13.2 Å². The van der Waals surface area contributed by atoms with Crippen molar-refractivity contribution in [1.29, 1.82) is 0 Å². The van der Waals surface area contributed by atoms with E-state index >= 15 is 0 Å². The SMILES string of the molecule is O=C(CCS(=O)(=O)c1ccc2cc(Br)ccc2c1)N1CCC(c2cnc3n2CCCC3)CC1. The number of carbonyl (C=O) groups is 1. The Morgan fingerprint density at radius 1 is 1.03 bits per heavy atom. The average molecular weight is 530 g/mol. The van der Waals surface area contributed by atoms with Crippen LogP contribution < -0.4 is 0 Å². The molecule has 0 bridgehead atoms. The normalized spacial score (nSPS) is 17.3. The number of aryl methyl sites for hydroxylation is 1. The van der Waals surface area contributed by atoms with Crippen LogP contribution in [0.15, 0.2) is 52.0 Å². The molecular formula is C25H28BrN3O3S. The van der Waals surface area contributed by atoms with Gasteiger partial charge >= 0.3 is 0 Å². The number of hydrogen-bond acceptors (Lipinski definition) is 4. The number of halogens is 1. The monoisotopic (exact) mass is 529 g/mol. The summed E-state index contributed by atoms with van der Waals surface area (Å²) in [6, 6.07) is 10.9. The van der Waals surface area contributed by atoms with Crippen LogP contribution in [-0.2, 0) is 27.6 Å². The van der Waals surface area contributed by atoms with Gasteiger partial charge in [-0.2, -0.15) is 0 Å². The second-order valence-corrected chi connectivity index (χ2v) is 12.1. The number of likely N-dealkylation sites (tertiary alicyclic amines) is 1. The van der Waals surface area contributed by atoms with Gasteiger partial charge in [0, 0.05) is 54.8 Å². The van der Waals surface area contributed by atoms with E-state index in [1.54, 1.807) is 12.1 Å². The fourth-order valence-corrected chi connectivity index (χ4v) is 6.72. The number of imidazole rings is 1. The van der Waals surface area contributed by atoms with Gasteiger partial charge in [0.1, 0.15) is 5.82 Å². The maximum absolute atomic E-state index is 12.9. The number of rotatable bonds is 5. The lowest BCUT2D eigenvalue weighted by atomic mass is 9.93. The highest BCUT2D eigenvalue weighted by atomic mass is 79.9. The maximum Gasteiger partial charge on any atom is 0.223 e. The third kappa shape index (κ3) is 4.73. The van der Waals surface area contributed by atoms with Gasteiger partial charge in [-0.05, 0) is 60.7 Å². The van der Waals surface area contributed by atoms with Gasteiger partial charge < -0.3 is 9.47 Å². The fourth-order valence-electron chi connectivity index (χ4n) is 5.08. The molecule has 2 aliphatic heterocycles. The zero-order chi connectivity index (χ0) is 23.0. The molecule has 0 unspecified atom stereocenters. The number of aromatic nitrogens is 2. The Morgan fingerprint density at radius 2 is 1.79 bits per heavy atom. The number of fused-ring (bicyclic) bond motifs is 2. The van der Waals surface area contributed by atoms with E-state index in [1.165, 1.54) is 24.4 Å². The van der Waals surface area contributed by atoms with Gasteiger partial charge in [-0.25, -0.2) is 13.4 Å². The van der Waals surface area contributed by atoms with Crippen LogP contribution >= 0.6 is 15.9 Å². The number of amides is 1. The first kappa shape index (κ1) is 22.6. The summed E-state index contributed by atoms with van der Waals surface area (Å²) in [5, 5.41) is 1.84. The summed E-state index contributed by atoms with van der Waals surface area (Å²) >= 11 is 3.44. The smallest absolute Gasteiger partial charge is 0.223 e. The minimum atomic E-state index is -3.52. The largest absolute Gasteiger partial charge is 0.343 e. The Morgan fingerprint density at radius 3 is 2.61 bits per heavy atom. The maximum atomic E-state index is 12.9. The second kappa shape index (κ2) is 9.22. The van der Waals surface area contributed by atoms with Gasteiger partial charge in [-0.3, -0.25) is 4.79 Å². The molecule has 5 rings (SSSR count). The average Bonchev–Trinajstić information content (AvgIpc) is 3.26. The highest BCUT2D eigenvalue weighted by Gasteiger charge is 2.28. The number of hydrogen-bond donors (Lipinski definition) is 0. The van der Waals surface area contributed by atoms with E-state index < -0.39 is 9.84 Å². The van der Waals surface area contributed by atoms with Gasteiger partial charge in [0.2, 0.25) is 5.91 Å². The Labute approximate surface area is 203 Å². The molecule has 1 aromatic heterocycles. The van der Waals surface area contributed by atoms with E-state index in [-0.39, 0.29) is 23.0 Å². The number of carbonyl (C=O) groups excluding carboxylic acids is 1. The number of benzene rings is 2. The van der Waals surface area contributed by atoms with E-state index in [0.29, 0.717) is 19.0 Å². The summed E-state index contributed by atoms with van der Waals surface area (Å²) in [6.07, 6.45) is 7.33. The molecule has 0 radical (unpaired) electrons. The first-order valence-electron chi connectivity index (χ1n) is 11.6. The van der Waals surface area contributed by atoms with Crippen molar-refractivity contribution in [1.82, 2.24) is 14.5 Å². The van der Waals surface area contributed by atoms with Gasteiger partial charge in [-0.1, -0.05) is 28.1 Å². The summed E-state index contributed by atoms with van der Waals surface area (Å²) in [7, 11) is -3.52. The van der Waals surface area contributed by atoms with Gasteiger partial charge in [0.05, 0.1) is 10.6 Å². The van der Waals surface area contributed by atoms with Crippen molar-refractivity contribution >= 4 is 42.4 Å². The predicted octanol–water partition coefficient (Wildman–Crippen LogP) is 4.71. The van der Waals surface area contributed by atoms with Crippen molar-refractivity contribution in [3.05, 3.63) is 58.6 Å². The zero-order valence-electron chi connectivity index (χ0n) is 18.5. The lowest BCUT2D eigenvalue weighted by Gasteiger charge is -2.33. The van der Waals surface area contributed by atoms with Crippen LogP contribution in [0.1, 0.15) is 49.5 Å². The van der Waals surface area contributed by atoms with E-state index in [0.717, 1.165) is 41.1 Å². The second-order valence-electron chi connectivity index (χ2n) is 9.09. The van der Waals surface area contributed by atoms with E-state index in [2.05, 4.69) is 25.5 Å². The van der Waals surface area contributed by atoms with Crippen molar-refractivity contribution in [3.8, 4) is 0 Å². The lowest BCUT2D eigenvalue weighted by molar-refractivity contribution is -0.131. The lowest BCUT2D eigenvalue weighted by Crippen LogP contribution is -2.39. The first-order chi connectivity index (χ1) is 15.9. The molecular weight excluding hydrogens is 502 g/mol. The molecule has 3 heterocycles. The third-order valence-corrected chi connectivity index (χ3v) is 9.19. The molecule has 2 aromatic carbocycles. The molecule has 0 aliphatic carbocycles. The topological polar surface area (TPSA) is 72.3 Å². The highest BCUT2D eigenvalue weighted by Crippen LogP contribution is 2.31. The summed E-state index contributed by atoms with van der Waals surface area (Å²) < 4.78 is 29.1. The van der Waals surface area contributed by atoms with Crippen LogP contribution in [0.3, 0.4) is 0 Å². The van der Waals surface area contributed by atoms with Crippen molar-refractivity contribution in [3.63, 3.8) is 0 Å². The number of nitrogens with zero attached hydrogens (tertiary/aromatic N) is 3. The Kier molecular flexibility index (Phi) is 6.31. The quantitative estimate of drug-likeness (QED) is 0.479. The van der Waals surface area contributed by atoms with Crippen molar-refractivity contribution in [2.75, 3.05) is 18.8 Å². The fraction of sp³-hybridized carbons (Fsp3) is 0.440. The van der Waals surface area contributed by atoms with Crippen LogP contribution in [-0.4, -0.2) is 47.6 Å². The predicted molar refractivity (Wildman–Crippen MR) is 132 cm³/mol. The van der Waals surface area contributed by atoms with E-state index in [9.17, 15) is 13.2 Å². The van der Waals surface area contributed by atoms with Crippen LogP contribution in [0.25, 0.3) is 10.8 Å². The van der Waals surface area contributed by atoms with Crippen LogP contribution in [0.5, 0.6) is 0 Å². The molecule has 1 fully saturated rings. The minimum Gasteiger partial charge on any atom is -0.343 e. The highest BCUT2D eigenvalue weighted by molar-refractivity contribution is 9.10. The third-order valence-electron chi connectivity index (χ3n) is 6.98. The van der Waals surface area contributed by atoms with Crippen molar-refractivity contribution in [2.45, 2.75) is 55.9 Å². The molecule has 33 heavy (non-hydrogen) atoms. The minimum absolute atomic E-state index is 0.0213. The Balaban J connectivity index is 1.18. The molecule has 174 valence electrons. The molecule has 1 amide bonds. The molecule has 0 spiro atoms. The van der Waals surface area contributed by atoms with E-state index in [4.69, 9.17) is 0 Å². The molecule has 0 N–H and O–H groups in total. The van der Waals surface area contributed by atoms with Crippen LogP contribution in [0.4, 0.5) is 0 Å². The summed E-state index contributed by atoms with van der Waals surface area (Å²) in [5.41, 5.74) is 1.31. The van der Waals surface area contributed by atoms with Gasteiger partial charge in [0.25, 0.3) is 0 Å². The van der Waals surface area contributed by atoms with E-state index in [1.807, 2.05) is 35.4 Å². The molecule has 0 saturated carbocycles. The zero-order valence-corrected chi connectivity index (χ0v) is 20.9. The number of piperidine rings is 1. The summed E-state index contributed by atoms with van der Waals surface area (Å²) in [6.45, 7) is 2.40. The molecule has 3 aromatic rings. The van der Waals surface area contributed by atoms with Crippen LogP contribution in [0.2, 0.25) is 0 Å². The summed E-state index contributed by atoms with van der Waals surface area (Å²) in [4.78, 5) is 19.5. The first-order valence-corrected chi connectivity index (χ1v) is 14.1.